The predicted molar refractivity (Wildman–Crippen MR) is 113 cm³/mol. The Kier molecular flexibility index (Phi) is 6.45. The SMILES string of the molecule is CCOC(=O)C1=C(O)C(=Cc2ccc(C)cc2O)SC1=Nc1cccc(C(F)(F)F)c1. The Labute approximate surface area is 180 Å². The quantitative estimate of drug-likeness (QED) is 0.567. The first-order chi connectivity index (χ1) is 14.6. The summed E-state index contributed by atoms with van der Waals surface area (Å²) in [5, 5.41) is 20.8. The number of carbonyl (C=O) groups excluding carboxylic acids is 1. The number of aliphatic imine (C=N–C) groups is 1. The van der Waals surface area contributed by atoms with Crippen LogP contribution in [0.25, 0.3) is 6.08 Å². The average molecular weight is 449 g/mol. The van der Waals surface area contributed by atoms with Gasteiger partial charge in [0.1, 0.15) is 22.1 Å². The van der Waals surface area contributed by atoms with Gasteiger partial charge in [-0.15, -0.1) is 0 Å². The Balaban J connectivity index is 2.07. The summed E-state index contributed by atoms with van der Waals surface area (Å²) in [7, 11) is 0. The molecule has 2 N–H and O–H groups in total. The highest BCUT2D eigenvalue weighted by Crippen LogP contribution is 2.41. The number of alkyl halides is 3. The van der Waals surface area contributed by atoms with Gasteiger partial charge in [-0.1, -0.05) is 30.0 Å². The fourth-order valence-electron chi connectivity index (χ4n) is 2.78. The zero-order valence-electron chi connectivity index (χ0n) is 16.5. The number of benzene rings is 2. The number of hydrogen-bond donors (Lipinski definition) is 2. The first-order valence-electron chi connectivity index (χ1n) is 9.16. The largest absolute Gasteiger partial charge is 0.507 e. The molecule has 0 aliphatic carbocycles. The molecule has 9 heteroatoms. The summed E-state index contributed by atoms with van der Waals surface area (Å²) in [6.07, 6.45) is -3.09. The Morgan fingerprint density at radius 1 is 1.19 bits per heavy atom. The van der Waals surface area contributed by atoms with Crippen molar-refractivity contribution in [1.29, 1.82) is 0 Å². The second kappa shape index (κ2) is 8.89. The number of halogens is 3. The molecule has 31 heavy (non-hydrogen) atoms. The van der Waals surface area contributed by atoms with E-state index in [1.165, 1.54) is 24.3 Å². The van der Waals surface area contributed by atoms with Crippen molar-refractivity contribution in [2.45, 2.75) is 20.0 Å². The van der Waals surface area contributed by atoms with Gasteiger partial charge in [0.15, 0.2) is 0 Å². The molecule has 3 rings (SSSR count). The van der Waals surface area contributed by atoms with Crippen LogP contribution in [0.15, 0.2) is 63.7 Å². The van der Waals surface area contributed by atoms with Gasteiger partial charge in [0, 0.05) is 5.56 Å². The van der Waals surface area contributed by atoms with Crippen LogP contribution in [0.4, 0.5) is 18.9 Å². The highest BCUT2D eigenvalue weighted by molar-refractivity contribution is 8.18. The second-order valence-electron chi connectivity index (χ2n) is 6.58. The highest BCUT2D eigenvalue weighted by Gasteiger charge is 2.34. The average Bonchev–Trinajstić information content (AvgIpc) is 2.98. The maximum atomic E-state index is 13.0. The molecule has 5 nitrogen and oxygen atoms in total. The zero-order chi connectivity index (χ0) is 22.8. The molecule has 1 aliphatic heterocycles. The fraction of sp³-hybridized carbons (Fsp3) is 0.182. The molecule has 0 atom stereocenters. The van der Waals surface area contributed by atoms with Crippen molar-refractivity contribution >= 4 is 34.5 Å². The van der Waals surface area contributed by atoms with E-state index in [9.17, 15) is 28.2 Å². The molecular formula is C22H18F3NO4S. The number of carbonyl (C=O) groups is 1. The van der Waals surface area contributed by atoms with Gasteiger partial charge >= 0.3 is 12.1 Å². The molecule has 0 bridgehead atoms. The Bertz CT molecular complexity index is 1120. The van der Waals surface area contributed by atoms with E-state index in [0.29, 0.717) is 5.56 Å². The molecule has 1 heterocycles. The van der Waals surface area contributed by atoms with Crippen LogP contribution in [0.1, 0.15) is 23.6 Å². The third kappa shape index (κ3) is 5.11. The number of ether oxygens (including phenoxy) is 1. The number of aliphatic hydroxyl groups is 1. The van der Waals surface area contributed by atoms with Crippen molar-refractivity contribution in [2.24, 2.45) is 4.99 Å². The molecule has 0 saturated heterocycles. The number of aromatic hydroxyl groups is 1. The van der Waals surface area contributed by atoms with Crippen LogP contribution in [-0.4, -0.2) is 27.8 Å². The number of aryl methyl sites for hydroxylation is 1. The van der Waals surface area contributed by atoms with Gasteiger partial charge in [-0.3, -0.25) is 0 Å². The van der Waals surface area contributed by atoms with Gasteiger partial charge < -0.3 is 14.9 Å². The van der Waals surface area contributed by atoms with Crippen LogP contribution >= 0.6 is 11.8 Å². The summed E-state index contributed by atoms with van der Waals surface area (Å²) >= 11 is 0.891. The molecule has 2 aromatic carbocycles. The van der Waals surface area contributed by atoms with Crippen molar-refractivity contribution < 1.29 is 32.9 Å². The minimum absolute atomic E-state index is 0.00636. The molecule has 162 valence electrons. The number of phenolic OH excluding ortho intramolecular Hbond substituents is 1. The van der Waals surface area contributed by atoms with Crippen molar-refractivity contribution in [3.05, 3.63) is 75.4 Å². The first-order valence-corrected chi connectivity index (χ1v) is 9.98. The van der Waals surface area contributed by atoms with E-state index in [2.05, 4.69) is 4.99 Å². The lowest BCUT2D eigenvalue weighted by Crippen LogP contribution is -2.13. The van der Waals surface area contributed by atoms with Gasteiger partial charge in [0.05, 0.1) is 22.8 Å². The summed E-state index contributed by atoms with van der Waals surface area (Å²) in [5.41, 5.74) is 0.0534. The minimum atomic E-state index is -4.55. The number of rotatable bonds is 4. The van der Waals surface area contributed by atoms with Gasteiger partial charge in [-0.05, 0) is 49.8 Å². The van der Waals surface area contributed by atoms with Crippen molar-refractivity contribution in [2.75, 3.05) is 6.61 Å². The van der Waals surface area contributed by atoms with Crippen molar-refractivity contribution in [3.8, 4) is 5.75 Å². The third-order valence-electron chi connectivity index (χ3n) is 4.25. The molecule has 0 amide bonds. The number of phenols is 1. The third-order valence-corrected chi connectivity index (χ3v) is 5.27. The lowest BCUT2D eigenvalue weighted by Gasteiger charge is -2.07. The summed E-state index contributed by atoms with van der Waals surface area (Å²) in [6, 6.07) is 9.26. The topological polar surface area (TPSA) is 79.1 Å². The van der Waals surface area contributed by atoms with E-state index in [0.717, 1.165) is 29.5 Å². The van der Waals surface area contributed by atoms with E-state index in [1.54, 1.807) is 26.0 Å². The standard InChI is InChI=1S/C22H18F3NO4S/c1-3-30-21(29)18-19(28)17(10-13-8-7-12(2)9-16(13)27)31-20(18)26-15-6-4-5-14(11-15)22(23,24)25/h4-11,27-28H,3H2,1-2H3. The molecule has 1 aliphatic rings. The number of nitrogens with zero attached hydrogens (tertiary/aromatic N) is 1. The van der Waals surface area contributed by atoms with Crippen molar-refractivity contribution in [1.82, 2.24) is 0 Å². The van der Waals surface area contributed by atoms with Gasteiger partial charge in [0.25, 0.3) is 0 Å². The molecule has 0 radical (unpaired) electrons. The van der Waals surface area contributed by atoms with E-state index in [-0.39, 0.29) is 33.6 Å². The molecule has 2 aromatic rings. The Hall–Kier alpha value is -3.20. The molecule has 0 unspecified atom stereocenters. The summed E-state index contributed by atoms with van der Waals surface area (Å²) in [4.78, 5) is 16.8. The van der Waals surface area contributed by atoms with Crippen molar-refractivity contribution in [3.63, 3.8) is 0 Å². The van der Waals surface area contributed by atoms with Crippen LogP contribution in [0.2, 0.25) is 0 Å². The van der Waals surface area contributed by atoms with Crippen LogP contribution in [0.5, 0.6) is 5.75 Å². The maximum Gasteiger partial charge on any atom is 0.416 e. The molecule has 0 spiro atoms. The van der Waals surface area contributed by atoms with E-state index in [1.807, 2.05) is 0 Å². The normalized spacial score (nSPS) is 16.9. The minimum Gasteiger partial charge on any atom is -0.507 e. The van der Waals surface area contributed by atoms with Gasteiger partial charge in [0.2, 0.25) is 0 Å². The predicted octanol–water partition coefficient (Wildman–Crippen LogP) is 5.91. The van der Waals surface area contributed by atoms with E-state index < -0.39 is 23.5 Å². The van der Waals surface area contributed by atoms with Gasteiger partial charge in [-0.2, -0.15) is 13.2 Å². The molecule has 0 saturated carbocycles. The van der Waals surface area contributed by atoms with Crippen LogP contribution < -0.4 is 0 Å². The molecule has 0 aromatic heterocycles. The second-order valence-corrected chi connectivity index (χ2v) is 7.61. The number of esters is 1. The monoisotopic (exact) mass is 449 g/mol. The summed E-state index contributed by atoms with van der Waals surface area (Å²) in [5.74, 6) is -1.30. The fourth-order valence-corrected chi connectivity index (χ4v) is 3.80. The number of aliphatic hydroxyl groups excluding tert-OH is 1. The zero-order valence-corrected chi connectivity index (χ0v) is 17.3. The highest BCUT2D eigenvalue weighted by atomic mass is 32.2. The molecular weight excluding hydrogens is 431 g/mol. The van der Waals surface area contributed by atoms with Crippen LogP contribution in [0.3, 0.4) is 0 Å². The Morgan fingerprint density at radius 3 is 2.58 bits per heavy atom. The van der Waals surface area contributed by atoms with Gasteiger partial charge in [-0.25, -0.2) is 9.79 Å². The lowest BCUT2D eigenvalue weighted by molar-refractivity contribution is -0.138. The smallest absolute Gasteiger partial charge is 0.416 e. The Morgan fingerprint density at radius 2 is 1.94 bits per heavy atom. The first kappa shape index (κ1) is 22.5. The summed E-state index contributed by atoms with van der Waals surface area (Å²) in [6.45, 7) is 3.42. The summed E-state index contributed by atoms with van der Waals surface area (Å²) < 4.78 is 44.0. The maximum absolute atomic E-state index is 13.0. The van der Waals surface area contributed by atoms with Crippen LogP contribution in [0, 0.1) is 6.92 Å². The lowest BCUT2D eigenvalue weighted by atomic mass is 10.1. The van der Waals surface area contributed by atoms with E-state index >= 15 is 0 Å². The number of thioether (sulfide) groups is 1. The van der Waals surface area contributed by atoms with Crippen LogP contribution in [-0.2, 0) is 15.7 Å². The number of hydrogen-bond acceptors (Lipinski definition) is 6. The van der Waals surface area contributed by atoms with E-state index in [4.69, 9.17) is 4.74 Å². The molecule has 0 fully saturated rings.